The summed E-state index contributed by atoms with van der Waals surface area (Å²) in [6.07, 6.45) is 9.73. The second-order valence-electron chi connectivity index (χ2n) is 12.8. The van der Waals surface area contributed by atoms with Crippen molar-refractivity contribution < 1.29 is 28.3 Å². The van der Waals surface area contributed by atoms with Crippen molar-refractivity contribution in [2.24, 2.45) is 23.5 Å². The zero-order valence-electron chi connectivity index (χ0n) is 27.5. The molecule has 252 valence electrons. The van der Waals surface area contributed by atoms with Crippen molar-refractivity contribution in [2.75, 3.05) is 26.7 Å². The maximum atomic E-state index is 13.7. The van der Waals surface area contributed by atoms with E-state index in [2.05, 4.69) is 16.0 Å². The molecule has 2 aliphatic rings. The van der Waals surface area contributed by atoms with Gasteiger partial charge >= 0.3 is 0 Å². The molecular weight excluding hydrogens is 586 g/mol. The minimum absolute atomic E-state index is 0.0592. The second kappa shape index (κ2) is 17.2. The molecule has 1 saturated heterocycles. The van der Waals surface area contributed by atoms with Gasteiger partial charge in [-0.05, 0) is 73.9 Å². The molecule has 11 heteroatoms. The highest BCUT2D eigenvalue weighted by molar-refractivity contribution is 5.97. The summed E-state index contributed by atoms with van der Waals surface area (Å²) in [4.78, 5) is 55.4. The summed E-state index contributed by atoms with van der Waals surface area (Å²) >= 11 is 0. The van der Waals surface area contributed by atoms with Crippen LogP contribution in [0.15, 0.2) is 41.0 Å². The first-order chi connectivity index (χ1) is 22.2. The van der Waals surface area contributed by atoms with Gasteiger partial charge in [0.25, 0.3) is 11.8 Å². The first-order valence-corrected chi connectivity index (χ1v) is 16.8. The topological polar surface area (TPSA) is 156 Å². The first-order valence-electron chi connectivity index (χ1n) is 16.8. The lowest BCUT2D eigenvalue weighted by Gasteiger charge is -2.31. The summed E-state index contributed by atoms with van der Waals surface area (Å²) in [5, 5.41) is 8.77. The van der Waals surface area contributed by atoms with Gasteiger partial charge in [-0.15, -0.1) is 0 Å². The van der Waals surface area contributed by atoms with E-state index in [0.29, 0.717) is 61.2 Å². The fourth-order valence-electron chi connectivity index (χ4n) is 6.48. The molecule has 1 aliphatic heterocycles. The fraction of sp³-hybridized carbons (Fsp3) is 0.600. The van der Waals surface area contributed by atoms with Crippen molar-refractivity contribution in [2.45, 2.75) is 90.3 Å². The van der Waals surface area contributed by atoms with Gasteiger partial charge in [-0.25, -0.2) is 0 Å². The van der Waals surface area contributed by atoms with E-state index < -0.39 is 23.9 Å². The van der Waals surface area contributed by atoms with Crippen molar-refractivity contribution in [1.29, 1.82) is 0 Å². The van der Waals surface area contributed by atoms with Crippen molar-refractivity contribution in [1.82, 2.24) is 20.9 Å². The van der Waals surface area contributed by atoms with Crippen molar-refractivity contribution in [3.63, 3.8) is 0 Å². The highest BCUT2D eigenvalue weighted by Crippen LogP contribution is 2.28. The lowest BCUT2D eigenvalue weighted by molar-refractivity contribution is -0.131. The van der Waals surface area contributed by atoms with Crippen LogP contribution in [-0.2, 0) is 16.1 Å². The Morgan fingerprint density at radius 3 is 2.37 bits per heavy atom. The predicted molar refractivity (Wildman–Crippen MR) is 175 cm³/mol. The van der Waals surface area contributed by atoms with E-state index in [1.807, 2.05) is 18.7 Å². The van der Waals surface area contributed by atoms with Crippen LogP contribution < -0.4 is 26.4 Å². The smallest absolute Gasteiger partial charge is 0.287 e. The van der Waals surface area contributed by atoms with Crippen LogP contribution in [0.2, 0.25) is 0 Å². The van der Waals surface area contributed by atoms with Crippen molar-refractivity contribution in [3.8, 4) is 5.75 Å². The number of nitrogens with two attached hydrogens (primary N) is 1. The largest absolute Gasteiger partial charge is 0.496 e. The summed E-state index contributed by atoms with van der Waals surface area (Å²) in [5.74, 6) is 0.00124. The van der Waals surface area contributed by atoms with Crippen LogP contribution in [0, 0.1) is 17.8 Å². The fourth-order valence-corrected chi connectivity index (χ4v) is 6.48. The van der Waals surface area contributed by atoms with Crippen LogP contribution >= 0.6 is 0 Å². The van der Waals surface area contributed by atoms with Gasteiger partial charge < -0.3 is 35.7 Å². The third kappa shape index (κ3) is 9.34. The van der Waals surface area contributed by atoms with Crippen LogP contribution in [0.5, 0.6) is 5.75 Å². The molecule has 0 bridgehead atoms. The Morgan fingerprint density at radius 1 is 1.00 bits per heavy atom. The molecule has 2 unspecified atom stereocenters. The summed E-state index contributed by atoms with van der Waals surface area (Å²) in [7, 11) is 1.55. The number of rotatable bonds is 14. The van der Waals surface area contributed by atoms with Crippen LogP contribution in [0.25, 0.3) is 0 Å². The average molecular weight is 638 g/mol. The molecule has 11 nitrogen and oxygen atoms in total. The number of hydrogen-bond acceptors (Lipinski definition) is 7. The molecule has 5 N–H and O–H groups in total. The average Bonchev–Trinajstić information content (AvgIpc) is 3.64. The molecule has 3 atom stereocenters. The van der Waals surface area contributed by atoms with Gasteiger partial charge in [-0.3, -0.25) is 19.2 Å². The summed E-state index contributed by atoms with van der Waals surface area (Å²) in [6.45, 7) is 5.95. The molecule has 4 rings (SSSR count). The van der Waals surface area contributed by atoms with Crippen LogP contribution in [0.1, 0.15) is 98.1 Å². The molecule has 1 aromatic heterocycles. The second-order valence-corrected chi connectivity index (χ2v) is 12.8. The number of nitrogens with zero attached hydrogens (tertiary/aromatic N) is 1. The molecule has 46 heavy (non-hydrogen) atoms. The number of methoxy groups -OCH3 is 1. The van der Waals surface area contributed by atoms with E-state index in [0.717, 1.165) is 38.5 Å². The number of furan rings is 1. The molecule has 2 fully saturated rings. The molecule has 1 aromatic carbocycles. The van der Waals surface area contributed by atoms with Crippen LogP contribution in [0.3, 0.4) is 0 Å². The third-order valence-corrected chi connectivity index (χ3v) is 9.67. The minimum atomic E-state index is -0.827. The zero-order chi connectivity index (χ0) is 33.1. The standard InChI is InChI=1S/C35H51N5O6/c1-4-23(2)31(39-32(41)28(19-24-9-6-5-7-10-24)38-33(42)30-11-8-18-46-30)34(43)37-22-27-20-26(12-13-29(27)45-3)35(44)40-16-14-25(21-36)15-17-40/h8,11-13,18,20,23-25,28,31H,4-7,9-10,14-17,19,21-22,36H2,1-3H3,(H,37,43)(H,38,42)(H,39,41)/t23?,28-,31?/m0/s1. The molecule has 0 radical (unpaired) electrons. The zero-order valence-corrected chi connectivity index (χ0v) is 27.5. The van der Waals surface area contributed by atoms with Gasteiger partial charge in [0.1, 0.15) is 17.8 Å². The Labute approximate surface area is 272 Å². The molecule has 2 heterocycles. The van der Waals surface area contributed by atoms with Crippen LogP contribution in [-0.4, -0.2) is 67.4 Å². The molecular formula is C35H51N5O6. The van der Waals surface area contributed by atoms with Gasteiger partial charge in [0, 0.05) is 30.8 Å². The molecule has 0 spiro atoms. The number of carbonyl (C=O) groups excluding carboxylic acids is 4. The lowest BCUT2D eigenvalue weighted by atomic mass is 9.84. The number of benzene rings is 1. The Balaban J connectivity index is 1.44. The number of nitrogens with one attached hydrogen (secondary N) is 3. The minimum Gasteiger partial charge on any atom is -0.496 e. The number of piperidine rings is 1. The van der Waals surface area contributed by atoms with E-state index in [1.165, 1.54) is 12.7 Å². The number of likely N-dealkylation sites (tertiary alicyclic amines) is 1. The van der Waals surface area contributed by atoms with E-state index >= 15 is 0 Å². The Morgan fingerprint density at radius 2 is 1.74 bits per heavy atom. The highest BCUT2D eigenvalue weighted by Gasteiger charge is 2.32. The van der Waals surface area contributed by atoms with E-state index in [4.69, 9.17) is 14.9 Å². The molecule has 1 aliphatic carbocycles. The number of carbonyl (C=O) groups is 4. The van der Waals surface area contributed by atoms with Gasteiger partial charge in [-0.1, -0.05) is 52.4 Å². The normalized spacial score (nSPS) is 17.9. The van der Waals surface area contributed by atoms with Gasteiger partial charge in [0.2, 0.25) is 11.8 Å². The maximum Gasteiger partial charge on any atom is 0.287 e. The van der Waals surface area contributed by atoms with Gasteiger partial charge in [0.15, 0.2) is 5.76 Å². The van der Waals surface area contributed by atoms with E-state index in [-0.39, 0.29) is 30.0 Å². The molecule has 2 aromatic rings. The summed E-state index contributed by atoms with van der Waals surface area (Å²) in [5.41, 5.74) is 7.00. The molecule has 4 amide bonds. The van der Waals surface area contributed by atoms with Gasteiger partial charge in [-0.2, -0.15) is 0 Å². The number of ether oxygens (including phenoxy) is 1. The monoisotopic (exact) mass is 637 g/mol. The first kappa shape index (κ1) is 35.0. The maximum absolute atomic E-state index is 13.7. The quantitative estimate of drug-likeness (QED) is 0.244. The van der Waals surface area contributed by atoms with Crippen LogP contribution in [0.4, 0.5) is 0 Å². The number of amides is 4. The summed E-state index contributed by atoms with van der Waals surface area (Å²) < 4.78 is 10.8. The van der Waals surface area contributed by atoms with E-state index in [9.17, 15) is 19.2 Å². The Bertz CT molecular complexity index is 1300. The van der Waals surface area contributed by atoms with Gasteiger partial charge in [0.05, 0.1) is 13.4 Å². The van der Waals surface area contributed by atoms with Crippen molar-refractivity contribution >= 4 is 23.6 Å². The highest BCUT2D eigenvalue weighted by atomic mass is 16.5. The Kier molecular flexibility index (Phi) is 13.1. The van der Waals surface area contributed by atoms with E-state index in [1.54, 1.807) is 37.4 Å². The lowest BCUT2D eigenvalue weighted by Crippen LogP contribution is -2.56. The van der Waals surface area contributed by atoms with Crippen molar-refractivity contribution in [3.05, 3.63) is 53.5 Å². The third-order valence-electron chi connectivity index (χ3n) is 9.67. The summed E-state index contributed by atoms with van der Waals surface area (Å²) in [6, 6.07) is 6.79. The predicted octanol–water partition coefficient (Wildman–Crippen LogP) is 4.02. The SMILES string of the molecule is CCC(C)C(NC(=O)[C@H](CC1CCCCC1)NC(=O)c1ccco1)C(=O)NCc1cc(C(=O)N2CCC(CN)CC2)ccc1OC. The number of hydrogen-bond donors (Lipinski definition) is 4. The molecule has 1 saturated carbocycles. The Hall–Kier alpha value is -3.86.